The first-order valence-electron chi connectivity index (χ1n) is 5.74. The van der Waals surface area contributed by atoms with E-state index in [1.54, 1.807) is 5.56 Å². The maximum absolute atomic E-state index is 2.39. The Morgan fingerprint density at radius 2 is 1.86 bits per heavy atom. The fourth-order valence-corrected chi connectivity index (χ4v) is 2.88. The second kappa shape index (κ2) is 3.12. The summed E-state index contributed by atoms with van der Waals surface area (Å²) in [6.07, 6.45) is 5.30. The van der Waals surface area contributed by atoms with Crippen molar-refractivity contribution in [2.75, 3.05) is 0 Å². The molecular formula is C14H17. The number of hydrogen-bond acceptors (Lipinski definition) is 0. The van der Waals surface area contributed by atoms with Gasteiger partial charge in [-0.3, -0.25) is 0 Å². The molecule has 73 valence electrons. The van der Waals surface area contributed by atoms with Gasteiger partial charge in [0, 0.05) is 0 Å². The quantitative estimate of drug-likeness (QED) is 0.674. The van der Waals surface area contributed by atoms with E-state index in [1.807, 2.05) is 0 Å². The molecule has 0 aromatic heterocycles. The van der Waals surface area contributed by atoms with Gasteiger partial charge in [0.25, 0.3) is 0 Å². The van der Waals surface area contributed by atoms with Crippen molar-refractivity contribution < 1.29 is 0 Å². The predicted octanol–water partition coefficient (Wildman–Crippen LogP) is 3.65. The highest BCUT2D eigenvalue weighted by molar-refractivity contribution is 5.27. The molecule has 0 heterocycles. The summed E-state index contributed by atoms with van der Waals surface area (Å²) in [4.78, 5) is 0. The Morgan fingerprint density at radius 3 is 2.50 bits per heavy atom. The lowest BCUT2D eigenvalue weighted by Crippen LogP contribution is -1.88. The smallest absolute Gasteiger partial charge is 0.0128 e. The average molecular weight is 185 g/mol. The summed E-state index contributed by atoms with van der Waals surface area (Å²) in [6.45, 7) is 2.21. The molecule has 0 amide bonds. The third-order valence-corrected chi connectivity index (χ3v) is 3.94. The van der Waals surface area contributed by atoms with Gasteiger partial charge in [0.2, 0.25) is 0 Å². The molecule has 14 heavy (non-hydrogen) atoms. The summed E-state index contributed by atoms with van der Waals surface area (Å²) in [5, 5.41) is 0. The van der Waals surface area contributed by atoms with E-state index >= 15 is 0 Å². The van der Waals surface area contributed by atoms with Gasteiger partial charge < -0.3 is 0 Å². The van der Waals surface area contributed by atoms with Gasteiger partial charge in [-0.2, -0.15) is 0 Å². The molecule has 1 radical (unpaired) electrons. The molecule has 0 saturated heterocycles. The standard InChI is InChI=1S/C14H17/c1-2-10-8-12(10)14-9-13(14)11-6-4-3-5-7-11/h2-7,10,12-14H,8-9H2,1H3/t10-,12-,13-,14-/m1/s1. The molecule has 2 aliphatic rings. The molecular weight excluding hydrogens is 168 g/mol. The summed E-state index contributed by atoms with van der Waals surface area (Å²) < 4.78 is 0. The van der Waals surface area contributed by atoms with Gasteiger partial charge in [0.1, 0.15) is 0 Å². The Morgan fingerprint density at radius 1 is 1.07 bits per heavy atom. The van der Waals surface area contributed by atoms with Gasteiger partial charge in [0.15, 0.2) is 0 Å². The average Bonchev–Trinajstić information content (AvgIpc) is 3.12. The normalized spacial score (nSPS) is 39.5. The van der Waals surface area contributed by atoms with Crippen LogP contribution in [-0.4, -0.2) is 0 Å². The minimum absolute atomic E-state index is 0.895. The van der Waals surface area contributed by atoms with Crippen LogP contribution in [0.15, 0.2) is 30.3 Å². The molecule has 2 aliphatic carbocycles. The molecule has 2 saturated carbocycles. The first kappa shape index (κ1) is 8.52. The van der Waals surface area contributed by atoms with E-state index in [4.69, 9.17) is 0 Å². The summed E-state index contributed by atoms with van der Waals surface area (Å²) in [7, 11) is 0. The highest BCUT2D eigenvalue weighted by Crippen LogP contribution is 2.62. The fourth-order valence-electron chi connectivity index (χ4n) is 2.88. The topological polar surface area (TPSA) is 0 Å². The highest BCUT2D eigenvalue weighted by Gasteiger charge is 2.52. The third kappa shape index (κ3) is 1.37. The number of hydrogen-bond donors (Lipinski definition) is 0. The van der Waals surface area contributed by atoms with Crippen molar-refractivity contribution >= 4 is 0 Å². The van der Waals surface area contributed by atoms with E-state index in [-0.39, 0.29) is 0 Å². The fraction of sp³-hybridized carbons (Fsp3) is 0.500. The zero-order chi connectivity index (χ0) is 9.54. The minimum Gasteiger partial charge on any atom is -0.0622 e. The lowest BCUT2D eigenvalue weighted by atomic mass is 10.1. The molecule has 3 rings (SSSR count). The van der Waals surface area contributed by atoms with Crippen LogP contribution in [0.1, 0.15) is 31.2 Å². The van der Waals surface area contributed by atoms with Gasteiger partial charge in [-0.15, -0.1) is 0 Å². The van der Waals surface area contributed by atoms with Crippen LogP contribution >= 0.6 is 0 Å². The lowest BCUT2D eigenvalue weighted by molar-refractivity contribution is 0.645. The second-order valence-corrected chi connectivity index (χ2v) is 4.81. The van der Waals surface area contributed by atoms with Crippen LogP contribution < -0.4 is 0 Å². The van der Waals surface area contributed by atoms with Crippen LogP contribution in [0.3, 0.4) is 0 Å². The van der Waals surface area contributed by atoms with Crippen molar-refractivity contribution in [1.82, 2.24) is 0 Å². The molecule has 0 heteroatoms. The Bertz CT molecular complexity index is 314. The van der Waals surface area contributed by atoms with Crippen molar-refractivity contribution in [3.05, 3.63) is 42.3 Å². The van der Waals surface area contributed by atoms with Gasteiger partial charge in [-0.1, -0.05) is 37.3 Å². The molecule has 0 aliphatic heterocycles. The zero-order valence-electron chi connectivity index (χ0n) is 8.69. The van der Waals surface area contributed by atoms with E-state index in [2.05, 4.69) is 43.7 Å². The Kier molecular flexibility index (Phi) is 1.90. The zero-order valence-corrected chi connectivity index (χ0v) is 8.69. The maximum atomic E-state index is 2.39. The van der Waals surface area contributed by atoms with E-state index in [0.717, 1.165) is 23.7 Å². The minimum atomic E-state index is 0.895. The number of rotatable bonds is 3. The summed E-state index contributed by atoms with van der Waals surface area (Å²) >= 11 is 0. The van der Waals surface area contributed by atoms with Gasteiger partial charge in [0.05, 0.1) is 0 Å². The van der Waals surface area contributed by atoms with Gasteiger partial charge >= 0.3 is 0 Å². The molecule has 1 aromatic rings. The molecule has 2 fully saturated rings. The van der Waals surface area contributed by atoms with Crippen molar-refractivity contribution in [3.8, 4) is 0 Å². The van der Waals surface area contributed by atoms with E-state index < -0.39 is 0 Å². The third-order valence-electron chi connectivity index (χ3n) is 3.94. The summed E-state index contributed by atoms with van der Waals surface area (Å²) in [6, 6.07) is 11.0. The summed E-state index contributed by atoms with van der Waals surface area (Å²) in [5.41, 5.74) is 1.57. The molecule has 4 atom stereocenters. The highest BCUT2D eigenvalue weighted by atomic mass is 14.6. The Balaban J connectivity index is 1.64. The largest absolute Gasteiger partial charge is 0.0622 e. The Labute approximate surface area is 86.3 Å². The molecule has 0 bridgehead atoms. The predicted molar refractivity (Wildman–Crippen MR) is 58.9 cm³/mol. The molecule has 0 nitrogen and oxygen atoms in total. The second-order valence-electron chi connectivity index (χ2n) is 4.81. The first-order chi connectivity index (χ1) is 6.90. The molecule has 0 spiro atoms. The monoisotopic (exact) mass is 185 g/mol. The van der Waals surface area contributed by atoms with Crippen molar-refractivity contribution in [2.24, 2.45) is 17.8 Å². The van der Waals surface area contributed by atoms with Crippen LogP contribution in [0.4, 0.5) is 0 Å². The van der Waals surface area contributed by atoms with Crippen LogP contribution in [0.25, 0.3) is 0 Å². The first-order valence-corrected chi connectivity index (χ1v) is 5.74. The SMILES string of the molecule is C[CH][C@@H]1C[C@H]1[C@H]1C[C@@H]1c1ccccc1. The maximum Gasteiger partial charge on any atom is -0.0128 e. The van der Waals surface area contributed by atoms with Gasteiger partial charge in [-0.05, 0) is 48.5 Å². The lowest BCUT2D eigenvalue weighted by Gasteiger charge is -1.98. The molecule has 0 unspecified atom stereocenters. The van der Waals surface area contributed by atoms with Crippen molar-refractivity contribution in [2.45, 2.75) is 25.7 Å². The van der Waals surface area contributed by atoms with Crippen LogP contribution in [-0.2, 0) is 0 Å². The van der Waals surface area contributed by atoms with E-state index in [9.17, 15) is 0 Å². The number of benzene rings is 1. The molecule has 1 aromatic carbocycles. The van der Waals surface area contributed by atoms with Crippen molar-refractivity contribution in [3.63, 3.8) is 0 Å². The Hall–Kier alpha value is -0.780. The van der Waals surface area contributed by atoms with E-state index in [0.29, 0.717) is 0 Å². The van der Waals surface area contributed by atoms with Crippen LogP contribution in [0, 0.1) is 24.2 Å². The van der Waals surface area contributed by atoms with Crippen LogP contribution in [0.5, 0.6) is 0 Å². The van der Waals surface area contributed by atoms with Gasteiger partial charge in [-0.25, -0.2) is 0 Å². The molecule has 0 N–H and O–H groups in total. The van der Waals surface area contributed by atoms with E-state index in [1.165, 1.54) is 12.8 Å². The van der Waals surface area contributed by atoms with Crippen molar-refractivity contribution in [1.29, 1.82) is 0 Å². The van der Waals surface area contributed by atoms with Crippen LogP contribution in [0.2, 0.25) is 0 Å². The summed E-state index contributed by atoms with van der Waals surface area (Å²) in [5.74, 6) is 3.89.